The maximum atomic E-state index is 10.9. The first-order valence-corrected chi connectivity index (χ1v) is 13.6. The van der Waals surface area contributed by atoms with E-state index in [4.69, 9.17) is 9.84 Å². The Morgan fingerprint density at radius 3 is 1.44 bits per heavy atom. The number of rotatable bonds is 22. The molecule has 0 rings (SSSR count). The molecule has 4 nitrogen and oxygen atoms in total. The quantitative estimate of drug-likeness (QED) is 0.101. The van der Waals surface area contributed by atoms with Crippen molar-refractivity contribution < 1.29 is 19.4 Å². The number of carboxylic acids is 1. The molecule has 0 aromatic heterocycles. The van der Waals surface area contributed by atoms with E-state index in [1.54, 1.807) is 0 Å². The molecule has 190 valence electrons. The highest BCUT2D eigenvalue weighted by molar-refractivity contribution is 5.69. The molecule has 0 spiro atoms. The summed E-state index contributed by atoms with van der Waals surface area (Å²) in [7, 11) is 0. The van der Waals surface area contributed by atoms with Crippen LogP contribution in [0.3, 0.4) is 0 Å². The van der Waals surface area contributed by atoms with E-state index in [0.717, 1.165) is 25.7 Å². The van der Waals surface area contributed by atoms with Gasteiger partial charge in [0, 0.05) is 12.8 Å². The zero-order valence-electron chi connectivity index (χ0n) is 21.7. The van der Waals surface area contributed by atoms with Gasteiger partial charge in [0.1, 0.15) is 0 Å². The highest BCUT2D eigenvalue weighted by Crippen LogP contribution is 2.10. The van der Waals surface area contributed by atoms with Crippen LogP contribution in [-0.4, -0.2) is 23.7 Å². The van der Waals surface area contributed by atoms with Crippen molar-refractivity contribution in [3.05, 3.63) is 12.2 Å². The SMILES string of the molecule is CCCCCCCC(=O)OCC.CCCCCCCC/C=C\CCCCCCCC(=O)O. The predicted octanol–water partition coefficient (Wildman–Crippen LogP) is 9.02. The second-order valence-corrected chi connectivity index (χ2v) is 8.70. The van der Waals surface area contributed by atoms with Crippen LogP contribution in [0.25, 0.3) is 0 Å². The smallest absolute Gasteiger partial charge is 0.305 e. The third-order valence-corrected chi connectivity index (χ3v) is 5.44. The fourth-order valence-corrected chi connectivity index (χ4v) is 3.45. The Balaban J connectivity index is 0. The van der Waals surface area contributed by atoms with Gasteiger partial charge in [-0.3, -0.25) is 9.59 Å². The molecule has 0 heterocycles. The number of ether oxygens (including phenoxy) is 1. The Morgan fingerprint density at radius 2 is 1.00 bits per heavy atom. The molecule has 4 heteroatoms. The zero-order valence-corrected chi connectivity index (χ0v) is 21.7. The second-order valence-electron chi connectivity index (χ2n) is 8.70. The van der Waals surface area contributed by atoms with E-state index >= 15 is 0 Å². The molecular weight excluding hydrogens is 400 g/mol. The summed E-state index contributed by atoms with van der Waals surface area (Å²) in [6, 6.07) is 0. The summed E-state index contributed by atoms with van der Waals surface area (Å²) in [6.07, 6.45) is 27.8. The fourth-order valence-electron chi connectivity index (χ4n) is 3.45. The van der Waals surface area contributed by atoms with Crippen molar-refractivity contribution in [2.45, 2.75) is 149 Å². The average molecular weight is 455 g/mol. The molecule has 0 radical (unpaired) electrons. The molecule has 0 aliphatic carbocycles. The van der Waals surface area contributed by atoms with Crippen LogP contribution in [0.5, 0.6) is 0 Å². The van der Waals surface area contributed by atoms with Gasteiger partial charge in [-0.05, 0) is 45.4 Å². The van der Waals surface area contributed by atoms with Gasteiger partial charge in [-0.15, -0.1) is 0 Å². The lowest BCUT2D eigenvalue weighted by Crippen LogP contribution is -2.02. The summed E-state index contributed by atoms with van der Waals surface area (Å²) < 4.78 is 4.81. The third-order valence-electron chi connectivity index (χ3n) is 5.44. The molecule has 0 bridgehead atoms. The van der Waals surface area contributed by atoms with Crippen LogP contribution in [0.15, 0.2) is 12.2 Å². The Hall–Kier alpha value is -1.32. The molecule has 32 heavy (non-hydrogen) atoms. The minimum Gasteiger partial charge on any atom is -0.481 e. The standard InChI is InChI=1S/C18H34O2.C10H20O2/c1-2-3-4-5-6-7-8-9-10-11-12-13-14-15-16-17-18(19)20;1-3-5-6-7-8-9-10(11)12-4-2/h9-10H,2-8,11-17H2,1H3,(H,19,20);3-9H2,1-2H3/b10-9-;. The molecular formula is C28H54O4. The molecule has 0 saturated carbocycles. The van der Waals surface area contributed by atoms with Crippen molar-refractivity contribution in [1.29, 1.82) is 0 Å². The normalized spacial score (nSPS) is 10.7. The van der Waals surface area contributed by atoms with Gasteiger partial charge in [-0.25, -0.2) is 0 Å². The predicted molar refractivity (Wildman–Crippen MR) is 137 cm³/mol. The zero-order chi connectivity index (χ0) is 24.1. The molecule has 1 N–H and O–H groups in total. The molecule has 0 aromatic rings. The van der Waals surface area contributed by atoms with Crippen molar-refractivity contribution in [3.8, 4) is 0 Å². The maximum absolute atomic E-state index is 10.9. The number of hydrogen-bond donors (Lipinski definition) is 1. The lowest BCUT2D eigenvalue weighted by atomic mass is 10.1. The molecule has 0 aliphatic rings. The lowest BCUT2D eigenvalue weighted by molar-refractivity contribution is -0.143. The van der Waals surface area contributed by atoms with E-state index in [-0.39, 0.29) is 5.97 Å². The number of unbranched alkanes of at least 4 members (excludes halogenated alkanes) is 15. The topological polar surface area (TPSA) is 63.6 Å². The third kappa shape index (κ3) is 33.3. The molecule has 0 atom stereocenters. The van der Waals surface area contributed by atoms with Crippen LogP contribution < -0.4 is 0 Å². The van der Waals surface area contributed by atoms with E-state index in [0.29, 0.717) is 19.4 Å². The summed E-state index contributed by atoms with van der Waals surface area (Å²) in [5.74, 6) is -0.711. The molecule has 0 fully saturated rings. The van der Waals surface area contributed by atoms with Crippen molar-refractivity contribution in [3.63, 3.8) is 0 Å². The van der Waals surface area contributed by atoms with Gasteiger partial charge in [0.2, 0.25) is 0 Å². The number of carboxylic acid groups (broad SMARTS) is 1. The number of allylic oxidation sites excluding steroid dienone is 2. The molecule has 0 amide bonds. The van der Waals surface area contributed by atoms with Gasteiger partial charge in [0.15, 0.2) is 0 Å². The molecule has 0 aliphatic heterocycles. The van der Waals surface area contributed by atoms with E-state index in [9.17, 15) is 9.59 Å². The van der Waals surface area contributed by atoms with E-state index in [1.165, 1.54) is 89.9 Å². The van der Waals surface area contributed by atoms with Gasteiger partial charge in [0.05, 0.1) is 6.61 Å². The molecule has 0 aromatic carbocycles. The van der Waals surface area contributed by atoms with Crippen LogP contribution >= 0.6 is 0 Å². The Kier molecular flexibility index (Phi) is 30.5. The highest BCUT2D eigenvalue weighted by Gasteiger charge is 1.99. The summed E-state index contributed by atoms with van der Waals surface area (Å²) in [5.41, 5.74) is 0. The molecule has 0 saturated heterocycles. The van der Waals surface area contributed by atoms with Crippen LogP contribution in [0, 0.1) is 0 Å². The van der Waals surface area contributed by atoms with E-state index < -0.39 is 5.97 Å². The van der Waals surface area contributed by atoms with E-state index in [2.05, 4.69) is 26.0 Å². The lowest BCUT2D eigenvalue weighted by Gasteiger charge is -2.00. The number of carbonyl (C=O) groups is 2. The first kappa shape index (κ1) is 32.9. The number of aliphatic carboxylic acids is 1. The van der Waals surface area contributed by atoms with Gasteiger partial charge in [-0.1, -0.05) is 103 Å². The van der Waals surface area contributed by atoms with Crippen LogP contribution in [-0.2, 0) is 14.3 Å². The number of hydrogen-bond acceptors (Lipinski definition) is 3. The highest BCUT2D eigenvalue weighted by atomic mass is 16.5. The van der Waals surface area contributed by atoms with Crippen LogP contribution in [0.4, 0.5) is 0 Å². The number of esters is 1. The second kappa shape index (κ2) is 29.7. The van der Waals surface area contributed by atoms with Gasteiger partial charge in [0.25, 0.3) is 0 Å². The van der Waals surface area contributed by atoms with E-state index in [1.807, 2.05) is 6.92 Å². The summed E-state index contributed by atoms with van der Waals surface area (Å²) in [4.78, 5) is 21.2. The Labute approximate surface area is 199 Å². The van der Waals surface area contributed by atoms with Crippen molar-refractivity contribution in [1.82, 2.24) is 0 Å². The van der Waals surface area contributed by atoms with Gasteiger partial charge in [-0.2, -0.15) is 0 Å². The molecule has 0 unspecified atom stereocenters. The Bertz CT molecular complexity index is 418. The summed E-state index contributed by atoms with van der Waals surface area (Å²) >= 11 is 0. The average Bonchev–Trinajstić information content (AvgIpc) is 2.77. The number of carbonyl (C=O) groups excluding carboxylic acids is 1. The van der Waals surface area contributed by atoms with Crippen molar-refractivity contribution in [2.24, 2.45) is 0 Å². The first-order chi connectivity index (χ1) is 15.6. The fraction of sp³-hybridized carbons (Fsp3) is 0.857. The minimum absolute atomic E-state index is 0.0472. The minimum atomic E-state index is -0.664. The summed E-state index contributed by atoms with van der Waals surface area (Å²) in [6.45, 7) is 6.79. The van der Waals surface area contributed by atoms with Crippen LogP contribution in [0.1, 0.15) is 149 Å². The largest absolute Gasteiger partial charge is 0.481 e. The first-order valence-electron chi connectivity index (χ1n) is 13.6. The van der Waals surface area contributed by atoms with Crippen molar-refractivity contribution >= 4 is 11.9 Å². The summed E-state index contributed by atoms with van der Waals surface area (Å²) in [5, 5.41) is 8.51. The van der Waals surface area contributed by atoms with Gasteiger partial charge < -0.3 is 9.84 Å². The maximum Gasteiger partial charge on any atom is 0.305 e. The van der Waals surface area contributed by atoms with Crippen molar-refractivity contribution in [2.75, 3.05) is 6.61 Å². The van der Waals surface area contributed by atoms with Gasteiger partial charge >= 0.3 is 11.9 Å². The Morgan fingerprint density at radius 1 is 0.594 bits per heavy atom. The van der Waals surface area contributed by atoms with Crippen LogP contribution in [0.2, 0.25) is 0 Å². The monoisotopic (exact) mass is 454 g/mol.